The zero-order chi connectivity index (χ0) is 15.7. The molecule has 5 nitrogen and oxygen atoms in total. The highest BCUT2D eigenvalue weighted by Crippen LogP contribution is 2.17. The molecule has 114 valence electrons. The van der Waals surface area contributed by atoms with Gasteiger partial charge in [0.2, 0.25) is 0 Å². The van der Waals surface area contributed by atoms with E-state index in [-0.39, 0.29) is 11.6 Å². The normalized spacial score (nSPS) is 12.7. The van der Waals surface area contributed by atoms with Crippen molar-refractivity contribution in [3.8, 4) is 0 Å². The van der Waals surface area contributed by atoms with Crippen molar-refractivity contribution in [1.29, 1.82) is 0 Å². The van der Waals surface area contributed by atoms with Crippen molar-refractivity contribution in [2.24, 2.45) is 7.05 Å². The highest BCUT2D eigenvalue weighted by molar-refractivity contribution is 6.31. The number of nitrogens with zero attached hydrogens (tertiary/aromatic N) is 2. The van der Waals surface area contributed by atoms with Gasteiger partial charge >= 0.3 is 0 Å². The minimum absolute atomic E-state index is 0.0803. The molecule has 1 unspecified atom stereocenters. The van der Waals surface area contributed by atoms with Gasteiger partial charge in [-0.15, -0.1) is 0 Å². The van der Waals surface area contributed by atoms with E-state index in [9.17, 15) is 4.79 Å². The van der Waals surface area contributed by atoms with Gasteiger partial charge in [-0.1, -0.05) is 11.6 Å². The van der Waals surface area contributed by atoms with Crippen LogP contribution in [0.15, 0.2) is 45.8 Å². The lowest BCUT2D eigenvalue weighted by Crippen LogP contribution is -2.29. The molecule has 0 amide bonds. The maximum atomic E-state index is 12.4. The molecular weight excluding hydrogens is 302 g/mol. The van der Waals surface area contributed by atoms with E-state index in [1.54, 1.807) is 36.1 Å². The van der Waals surface area contributed by atoms with Crippen molar-refractivity contribution in [3.63, 3.8) is 0 Å². The highest BCUT2D eigenvalue weighted by Gasteiger charge is 2.14. The summed E-state index contributed by atoms with van der Waals surface area (Å²) in [6, 6.07) is 8.75. The standard InChI is InChI=1S/C16H16ClN3O2/c1-10(18-9-12-4-3-7-22-12)15-19-14-8-11(17)5-6-13(14)16(21)20(15)2/h3-8,10,18H,9H2,1-2H3. The smallest absolute Gasteiger partial charge is 0.261 e. The van der Waals surface area contributed by atoms with Gasteiger partial charge in [-0.2, -0.15) is 0 Å². The van der Waals surface area contributed by atoms with Crippen molar-refractivity contribution in [1.82, 2.24) is 14.9 Å². The number of aromatic nitrogens is 2. The van der Waals surface area contributed by atoms with Gasteiger partial charge in [-0.3, -0.25) is 9.36 Å². The molecule has 22 heavy (non-hydrogen) atoms. The van der Waals surface area contributed by atoms with Gasteiger partial charge in [0.05, 0.1) is 29.8 Å². The Morgan fingerprint density at radius 3 is 2.95 bits per heavy atom. The zero-order valence-electron chi connectivity index (χ0n) is 12.3. The van der Waals surface area contributed by atoms with Crippen LogP contribution in [0.4, 0.5) is 0 Å². The van der Waals surface area contributed by atoms with Crippen LogP contribution in [0.25, 0.3) is 10.9 Å². The Morgan fingerprint density at radius 1 is 1.41 bits per heavy atom. The lowest BCUT2D eigenvalue weighted by molar-refractivity contribution is 0.446. The number of nitrogens with one attached hydrogen (secondary N) is 1. The van der Waals surface area contributed by atoms with E-state index in [1.165, 1.54) is 0 Å². The molecular formula is C16H16ClN3O2. The number of rotatable bonds is 4. The summed E-state index contributed by atoms with van der Waals surface area (Å²) in [7, 11) is 1.73. The Labute approximate surface area is 132 Å². The second-order valence-electron chi connectivity index (χ2n) is 5.18. The summed E-state index contributed by atoms with van der Waals surface area (Å²) < 4.78 is 6.86. The fourth-order valence-corrected chi connectivity index (χ4v) is 2.57. The highest BCUT2D eigenvalue weighted by atomic mass is 35.5. The minimum atomic E-state index is -0.105. The number of benzene rings is 1. The first kappa shape index (κ1) is 14.8. The molecule has 0 spiro atoms. The molecule has 1 N–H and O–H groups in total. The van der Waals surface area contributed by atoms with E-state index in [0.717, 1.165) is 5.76 Å². The first-order valence-corrected chi connectivity index (χ1v) is 7.36. The number of furan rings is 1. The van der Waals surface area contributed by atoms with Crippen molar-refractivity contribution in [3.05, 3.63) is 63.6 Å². The van der Waals surface area contributed by atoms with Crippen LogP contribution in [0.5, 0.6) is 0 Å². The monoisotopic (exact) mass is 317 g/mol. The van der Waals surface area contributed by atoms with E-state index in [4.69, 9.17) is 16.0 Å². The molecule has 0 aliphatic rings. The Balaban J connectivity index is 1.95. The molecule has 0 aliphatic heterocycles. The topological polar surface area (TPSA) is 60.1 Å². The average molecular weight is 318 g/mol. The number of halogens is 1. The predicted octanol–water partition coefficient (Wildman–Crippen LogP) is 3.03. The van der Waals surface area contributed by atoms with Crippen LogP contribution >= 0.6 is 11.6 Å². The molecule has 0 fully saturated rings. The first-order valence-electron chi connectivity index (χ1n) is 6.98. The molecule has 1 aromatic carbocycles. The van der Waals surface area contributed by atoms with Gasteiger partial charge in [-0.05, 0) is 37.3 Å². The third-order valence-electron chi connectivity index (χ3n) is 3.62. The largest absolute Gasteiger partial charge is 0.468 e. The molecule has 3 rings (SSSR count). The van der Waals surface area contributed by atoms with Gasteiger partial charge < -0.3 is 9.73 Å². The SMILES string of the molecule is CC(NCc1ccco1)c1nc2cc(Cl)ccc2c(=O)n1C. The summed E-state index contributed by atoms with van der Waals surface area (Å²) in [5, 5.41) is 4.43. The third kappa shape index (κ3) is 2.77. The molecule has 2 heterocycles. The van der Waals surface area contributed by atoms with Crippen LogP contribution in [0.3, 0.4) is 0 Å². The maximum absolute atomic E-state index is 12.4. The maximum Gasteiger partial charge on any atom is 0.261 e. The van der Waals surface area contributed by atoms with Crippen molar-refractivity contribution >= 4 is 22.5 Å². The molecule has 2 aromatic heterocycles. The van der Waals surface area contributed by atoms with E-state index >= 15 is 0 Å². The number of hydrogen-bond acceptors (Lipinski definition) is 4. The van der Waals surface area contributed by atoms with Crippen molar-refractivity contribution in [2.45, 2.75) is 19.5 Å². The fourth-order valence-electron chi connectivity index (χ4n) is 2.41. The van der Waals surface area contributed by atoms with E-state index in [2.05, 4.69) is 10.3 Å². The number of hydrogen-bond donors (Lipinski definition) is 1. The molecule has 0 saturated heterocycles. The second-order valence-corrected chi connectivity index (χ2v) is 5.61. The fraction of sp³-hybridized carbons (Fsp3) is 0.250. The summed E-state index contributed by atoms with van der Waals surface area (Å²) >= 11 is 5.99. The van der Waals surface area contributed by atoms with Crippen LogP contribution in [-0.2, 0) is 13.6 Å². The summed E-state index contributed by atoms with van der Waals surface area (Å²) in [5.74, 6) is 1.49. The Hall–Kier alpha value is -2.11. The Morgan fingerprint density at radius 2 is 2.23 bits per heavy atom. The van der Waals surface area contributed by atoms with E-state index in [0.29, 0.717) is 28.3 Å². The predicted molar refractivity (Wildman–Crippen MR) is 86.0 cm³/mol. The van der Waals surface area contributed by atoms with Crippen LogP contribution in [0.2, 0.25) is 5.02 Å². The third-order valence-corrected chi connectivity index (χ3v) is 3.86. The number of fused-ring (bicyclic) bond motifs is 1. The summed E-state index contributed by atoms with van der Waals surface area (Å²) in [6.07, 6.45) is 1.63. The molecule has 0 bridgehead atoms. The summed E-state index contributed by atoms with van der Waals surface area (Å²) in [4.78, 5) is 17.0. The van der Waals surface area contributed by atoms with Crippen molar-refractivity contribution < 1.29 is 4.42 Å². The lowest BCUT2D eigenvalue weighted by Gasteiger charge is -2.16. The Bertz CT molecular complexity index is 856. The molecule has 3 aromatic rings. The van der Waals surface area contributed by atoms with Gasteiger partial charge in [0.25, 0.3) is 5.56 Å². The van der Waals surface area contributed by atoms with Gasteiger partial charge in [-0.25, -0.2) is 4.98 Å². The van der Waals surface area contributed by atoms with Crippen LogP contribution in [0, 0.1) is 0 Å². The molecule has 6 heteroatoms. The van der Waals surface area contributed by atoms with Crippen LogP contribution < -0.4 is 10.9 Å². The quantitative estimate of drug-likeness (QED) is 0.803. The molecule has 0 aliphatic carbocycles. The minimum Gasteiger partial charge on any atom is -0.468 e. The molecule has 1 atom stereocenters. The van der Waals surface area contributed by atoms with Gasteiger partial charge in [0.1, 0.15) is 11.6 Å². The van der Waals surface area contributed by atoms with Gasteiger partial charge in [0, 0.05) is 12.1 Å². The molecule has 0 saturated carbocycles. The Kier molecular flexibility index (Phi) is 4.00. The van der Waals surface area contributed by atoms with Gasteiger partial charge in [0.15, 0.2) is 0 Å². The van der Waals surface area contributed by atoms with Crippen LogP contribution in [-0.4, -0.2) is 9.55 Å². The zero-order valence-corrected chi connectivity index (χ0v) is 13.1. The average Bonchev–Trinajstić information content (AvgIpc) is 3.01. The van der Waals surface area contributed by atoms with Crippen molar-refractivity contribution in [2.75, 3.05) is 0 Å². The molecule has 0 radical (unpaired) electrons. The lowest BCUT2D eigenvalue weighted by atomic mass is 10.2. The first-order chi connectivity index (χ1) is 10.6. The summed E-state index contributed by atoms with van der Waals surface area (Å²) in [5.41, 5.74) is 0.528. The summed E-state index contributed by atoms with van der Waals surface area (Å²) in [6.45, 7) is 2.53. The van der Waals surface area contributed by atoms with E-state index in [1.807, 2.05) is 19.1 Å². The second kappa shape index (κ2) is 5.94. The van der Waals surface area contributed by atoms with E-state index < -0.39 is 0 Å². The van der Waals surface area contributed by atoms with Crippen LogP contribution in [0.1, 0.15) is 24.6 Å².